The van der Waals surface area contributed by atoms with Gasteiger partial charge in [0.15, 0.2) is 11.5 Å². The largest absolute Gasteiger partial charge is 0.486 e. The van der Waals surface area contributed by atoms with Crippen molar-refractivity contribution in [3.63, 3.8) is 0 Å². The van der Waals surface area contributed by atoms with Gasteiger partial charge in [-0.15, -0.1) is 0 Å². The molecule has 1 atom stereocenters. The van der Waals surface area contributed by atoms with Crippen LogP contribution >= 0.6 is 23.2 Å². The summed E-state index contributed by atoms with van der Waals surface area (Å²) in [6, 6.07) is 10.2. The van der Waals surface area contributed by atoms with E-state index < -0.39 is 6.04 Å². The standard InChI is InChI=1S/C25H30Cl2N2O4/c1-3-4-12-28-25(31)17(2)29(16-19-20(26)6-5-7-21(19)27)24(30)11-9-18-8-10-22-23(15-18)33-14-13-32-22/h5-8,10,15,17H,3-4,9,11-14,16H2,1-2H3,(H,28,31). The smallest absolute Gasteiger partial charge is 0.242 e. The molecule has 0 saturated carbocycles. The third-order valence-corrected chi connectivity index (χ3v) is 6.33. The van der Waals surface area contributed by atoms with Crippen LogP contribution in [0.25, 0.3) is 0 Å². The third kappa shape index (κ3) is 6.78. The highest BCUT2D eigenvalue weighted by molar-refractivity contribution is 6.36. The average molecular weight is 493 g/mol. The predicted octanol–water partition coefficient (Wildman–Crippen LogP) is 5.03. The molecule has 0 spiro atoms. The van der Waals surface area contributed by atoms with Gasteiger partial charge in [0, 0.05) is 35.1 Å². The number of hydrogen-bond donors (Lipinski definition) is 1. The maximum Gasteiger partial charge on any atom is 0.242 e. The van der Waals surface area contributed by atoms with Crippen LogP contribution in [0.4, 0.5) is 0 Å². The maximum atomic E-state index is 13.3. The Morgan fingerprint density at radius 3 is 2.48 bits per heavy atom. The molecule has 0 bridgehead atoms. The van der Waals surface area contributed by atoms with Crippen molar-refractivity contribution in [2.45, 2.75) is 52.1 Å². The highest BCUT2D eigenvalue weighted by Gasteiger charge is 2.27. The molecule has 1 aliphatic rings. The van der Waals surface area contributed by atoms with Gasteiger partial charge in [0.05, 0.1) is 0 Å². The summed E-state index contributed by atoms with van der Waals surface area (Å²) >= 11 is 12.7. The van der Waals surface area contributed by atoms with Gasteiger partial charge < -0.3 is 19.7 Å². The molecular weight excluding hydrogens is 463 g/mol. The van der Waals surface area contributed by atoms with Crippen LogP contribution in [0.15, 0.2) is 36.4 Å². The van der Waals surface area contributed by atoms with E-state index in [2.05, 4.69) is 12.2 Å². The summed E-state index contributed by atoms with van der Waals surface area (Å²) in [5, 5.41) is 3.84. The molecule has 1 heterocycles. The summed E-state index contributed by atoms with van der Waals surface area (Å²) in [5.41, 5.74) is 1.59. The molecule has 1 N–H and O–H groups in total. The van der Waals surface area contributed by atoms with Gasteiger partial charge >= 0.3 is 0 Å². The molecule has 178 valence electrons. The zero-order valence-electron chi connectivity index (χ0n) is 19.0. The van der Waals surface area contributed by atoms with Crippen LogP contribution in [0.3, 0.4) is 0 Å². The second-order valence-corrected chi connectivity index (χ2v) is 8.83. The van der Waals surface area contributed by atoms with Crippen LogP contribution in [0.1, 0.15) is 44.2 Å². The first-order valence-electron chi connectivity index (χ1n) is 11.3. The van der Waals surface area contributed by atoms with Crippen LogP contribution in [-0.4, -0.2) is 42.5 Å². The minimum Gasteiger partial charge on any atom is -0.486 e. The van der Waals surface area contributed by atoms with E-state index in [1.807, 2.05) is 18.2 Å². The SMILES string of the molecule is CCCCNC(=O)C(C)N(Cc1c(Cl)cccc1Cl)C(=O)CCc1ccc2c(c1)OCCO2. The highest BCUT2D eigenvalue weighted by atomic mass is 35.5. The lowest BCUT2D eigenvalue weighted by Crippen LogP contribution is -2.48. The number of benzene rings is 2. The number of nitrogens with zero attached hydrogens (tertiary/aromatic N) is 1. The fraction of sp³-hybridized carbons (Fsp3) is 0.440. The van der Waals surface area contributed by atoms with E-state index in [1.54, 1.807) is 30.0 Å². The second kappa shape index (κ2) is 12.1. The van der Waals surface area contributed by atoms with Gasteiger partial charge in [0.25, 0.3) is 0 Å². The molecule has 33 heavy (non-hydrogen) atoms. The van der Waals surface area contributed by atoms with E-state index in [1.165, 1.54) is 0 Å². The summed E-state index contributed by atoms with van der Waals surface area (Å²) < 4.78 is 11.2. The number of rotatable bonds is 10. The number of fused-ring (bicyclic) bond motifs is 1. The van der Waals surface area contributed by atoms with Crippen molar-refractivity contribution >= 4 is 35.0 Å². The molecule has 2 aromatic carbocycles. The Labute approximate surface area is 205 Å². The predicted molar refractivity (Wildman–Crippen MR) is 130 cm³/mol. The monoisotopic (exact) mass is 492 g/mol. The van der Waals surface area contributed by atoms with E-state index in [0.29, 0.717) is 53.3 Å². The topological polar surface area (TPSA) is 67.9 Å². The van der Waals surface area contributed by atoms with Gasteiger partial charge in [0.1, 0.15) is 19.3 Å². The minimum absolute atomic E-state index is 0.154. The molecule has 0 radical (unpaired) electrons. The van der Waals surface area contributed by atoms with Gasteiger partial charge in [-0.25, -0.2) is 0 Å². The number of halogens is 2. The van der Waals surface area contributed by atoms with Crippen LogP contribution in [0.5, 0.6) is 11.5 Å². The Kier molecular flexibility index (Phi) is 9.27. The molecule has 6 nitrogen and oxygen atoms in total. The van der Waals surface area contributed by atoms with Crippen LogP contribution < -0.4 is 14.8 Å². The maximum absolute atomic E-state index is 13.3. The Bertz CT molecular complexity index is 963. The molecule has 1 aliphatic heterocycles. The molecule has 3 rings (SSSR count). The quantitative estimate of drug-likeness (QED) is 0.472. The van der Waals surface area contributed by atoms with E-state index in [-0.39, 0.29) is 24.8 Å². The van der Waals surface area contributed by atoms with Crippen molar-refractivity contribution in [2.24, 2.45) is 0 Å². The normalized spacial score (nSPS) is 13.3. The number of aryl methyl sites for hydroxylation is 1. The van der Waals surface area contributed by atoms with Crippen molar-refractivity contribution in [1.82, 2.24) is 10.2 Å². The molecule has 0 aromatic heterocycles. The fourth-order valence-corrected chi connectivity index (χ4v) is 4.13. The summed E-state index contributed by atoms with van der Waals surface area (Å²) in [6.45, 7) is 5.55. The second-order valence-electron chi connectivity index (χ2n) is 8.02. The van der Waals surface area contributed by atoms with Crippen molar-refractivity contribution < 1.29 is 19.1 Å². The van der Waals surface area contributed by atoms with E-state index in [4.69, 9.17) is 32.7 Å². The summed E-state index contributed by atoms with van der Waals surface area (Å²) in [7, 11) is 0. The first kappa shape index (κ1) is 25.2. The van der Waals surface area contributed by atoms with E-state index in [0.717, 1.165) is 18.4 Å². The molecule has 2 aromatic rings. The minimum atomic E-state index is -0.665. The van der Waals surface area contributed by atoms with Gasteiger partial charge in [-0.05, 0) is 49.6 Å². The van der Waals surface area contributed by atoms with Gasteiger partial charge in [-0.3, -0.25) is 9.59 Å². The lowest BCUT2D eigenvalue weighted by atomic mass is 10.1. The molecule has 0 saturated heterocycles. The number of carbonyl (C=O) groups is 2. The first-order valence-corrected chi connectivity index (χ1v) is 12.0. The number of nitrogens with one attached hydrogen (secondary N) is 1. The lowest BCUT2D eigenvalue weighted by Gasteiger charge is -2.29. The molecular formula is C25H30Cl2N2O4. The molecule has 0 fully saturated rings. The van der Waals surface area contributed by atoms with Crippen LogP contribution in [-0.2, 0) is 22.6 Å². The zero-order chi connectivity index (χ0) is 23.8. The third-order valence-electron chi connectivity index (χ3n) is 5.62. The van der Waals surface area contributed by atoms with Crippen LogP contribution in [0.2, 0.25) is 10.0 Å². The Morgan fingerprint density at radius 2 is 1.79 bits per heavy atom. The Morgan fingerprint density at radius 1 is 1.09 bits per heavy atom. The summed E-state index contributed by atoms with van der Waals surface area (Å²) in [4.78, 5) is 27.6. The van der Waals surface area contributed by atoms with Gasteiger partial charge in [-0.2, -0.15) is 0 Å². The van der Waals surface area contributed by atoms with Gasteiger partial charge in [0.2, 0.25) is 11.8 Å². The molecule has 0 aliphatic carbocycles. The van der Waals surface area contributed by atoms with Gasteiger partial charge in [-0.1, -0.05) is 48.7 Å². The van der Waals surface area contributed by atoms with Crippen molar-refractivity contribution in [3.8, 4) is 11.5 Å². The number of carbonyl (C=O) groups excluding carboxylic acids is 2. The summed E-state index contributed by atoms with van der Waals surface area (Å²) in [6.07, 6.45) is 2.59. The van der Waals surface area contributed by atoms with Crippen molar-refractivity contribution in [1.29, 1.82) is 0 Å². The molecule has 2 amide bonds. The average Bonchev–Trinajstić information content (AvgIpc) is 2.82. The number of hydrogen-bond acceptors (Lipinski definition) is 4. The molecule has 1 unspecified atom stereocenters. The molecule has 8 heteroatoms. The Balaban J connectivity index is 1.74. The van der Waals surface area contributed by atoms with Crippen molar-refractivity contribution in [3.05, 3.63) is 57.6 Å². The summed E-state index contributed by atoms with van der Waals surface area (Å²) in [5.74, 6) is 1.05. The Hall–Kier alpha value is -2.44. The van der Waals surface area contributed by atoms with E-state index in [9.17, 15) is 9.59 Å². The first-order chi connectivity index (χ1) is 15.9. The fourth-order valence-electron chi connectivity index (χ4n) is 3.61. The van der Waals surface area contributed by atoms with Crippen LogP contribution in [0, 0.1) is 0 Å². The van der Waals surface area contributed by atoms with E-state index >= 15 is 0 Å². The lowest BCUT2D eigenvalue weighted by molar-refractivity contribution is -0.140. The number of amides is 2. The number of ether oxygens (including phenoxy) is 2. The zero-order valence-corrected chi connectivity index (χ0v) is 20.5. The highest BCUT2D eigenvalue weighted by Crippen LogP contribution is 2.31. The van der Waals surface area contributed by atoms with Crippen molar-refractivity contribution in [2.75, 3.05) is 19.8 Å². The number of unbranched alkanes of at least 4 members (excludes halogenated alkanes) is 1.